The van der Waals surface area contributed by atoms with Gasteiger partial charge in [-0.3, -0.25) is 14.9 Å². The molecule has 1 aliphatic rings. The highest BCUT2D eigenvalue weighted by molar-refractivity contribution is 7.99. The summed E-state index contributed by atoms with van der Waals surface area (Å²) in [4.78, 5) is 24.5. The number of amides is 1. The van der Waals surface area contributed by atoms with Crippen LogP contribution in [-0.2, 0) is 4.79 Å². The number of piperidine rings is 1. The number of nitrogens with zero attached hydrogens (tertiary/aromatic N) is 4. The minimum atomic E-state index is -0.465. The number of carbonyl (C=O) groups excluding carboxylic acids is 1. The first kappa shape index (κ1) is 18.4. The SMILES string of the molecule is CC1CC(C)CN(C(=O)CSc2nnc(-c3ccc([N+](=O)[O-])cc3)o2)C1. The Balaban J connectivity index is 1.58. The molecule has 0 radical (unpaired) electrons. The van der Waals surface area contributed by atoms with Crippen molar-refractivity contribution in [2.45, 2.75) is 25.5 Å². The molecule has 0 bridgehead atoms. The molecule has 0 spiro atoms. The molecular weight excluding hydrogens is 356 g/mol. The fraction of sp³-hybridized carbons (Fsp3) is 0.471. The summed E-state index contributed by atoms with van der Waals surface area (Å²) in [7, 11) is 0. The Kier molecular flexibility index (Phi) is 5.55. The zero-order chi connectivity index (χ0) is 18.7. The third-order valence-electron chi connectivity index (χ3n) is 4.27. The molecule has 2 heterocycles. The van der Waals surface area contributed by atoms with Gasteiger partial charge in [0.15, 0.2) is 0 Å². The van der Waals surface area contributed by atoms with E-state index in [1.165, 1.54) is 23.9 Å². The van der Waals surface area contributed by atoms with Crippen LogP contribution in [-0.4, -0.2) is 44.8 Å². The lowest BCUT2D eigenvalue weighted by Crippen LogP contribution is -2.43. The molecule has 26 heavy (non-hydrogen) atoms. The van der Waals surface area contributed by atoms with Crippen molar-refractivity contribution in [1.29, 1.82) is 0 Å². The Labute approximate surface area is 155 Å². The molecule has 138 valence electrons. The number of aromatic nitrogens is 2. The van der Waals surface area contributed by atoms with E-state index >= 15 is 0 Å². The minimum absolute atomic E-state index is 0.00144. The van der Waals surface area contributed by atoms with Crippen LogP contribution in [0.4, 0.5) is 5.69 Å². The highest BCUT2D eigenvalue weighted by Gasteiger charge is 2.25. The largest absolute Gasteiger partial charge is 0.411 e. The second-order valence-electron chi connectivity index (χ2n) is 6.71. The Hall–Kier alpha value is -2.42. The number of hydrogen-bond acceptors (Lipinski definition) is 7. The summed E-state index contributed by atoms with van der Waals surface area (Å²) < 4.78 is 5.55. The molecule has 1 saturated heterocycles. The molecule has 1 amide bonds. The van der Waals surface area contributed by atoms with E-state index in [-0.39, 0.29) is 23.2 Å². The first-order valence-electron chi connectivity index (χ1n) is 8.41. The van der Waals surface area contributed by atoms with Crippen molar-refractivity contribution in [2.75, 3.05) is 18.8 Å². The average molecular weight is 376 g/mol. The number of likely N-dealkylation sites (tertiary alicyclic amines) is 1. The van der Waals surface area contributed by atoms with Gasteiger partial charge in [0.05, 0.1) is 10.7 Å². The fourth-order valence-electron chi connectivity index (χ4n) is 3.19. The number of benzene rings is 1. The molecule has 2 unspecified atom stereocenters. The highest BCUT2D eigenvalue weighted by atomic mass is 32.2. The molecular formula is C17H20N4O4S. The van der Waals surface area contributed by atoms with Crippen molar-refractivity contribution in [3.8, 4) is 11.5 Å². The van der Waals surface area contributed by atoms with Crippen LogP contribution in [0.5, 0.6) is 0 Å². The number of nitro benzene ring substituents is 1. The van der Waals surface area contributed by atoms with Crippen LogP contribution in [0.3, 0.4) is 0 Å². The number of nitro groups is 1. The van der Waals surface area contributed by atoms with Gasteiger partial charge in [0.25, 0.3) is 10.9 Å². The van der Waals surface area contributed by atoms with Crippen molar-refractivity contribution < 1.29 is 14.1 Å². The topological polar surface area (TPSA) is 102 Å². The Morgan fingerprint density at radius 2 is 1.92 bits per heavy atom. The van der Waals surface area contributed by atoms with Crippen molar-refractivity contribution in [2.24, 2.45) is 11.8 Å². The molecule has 0 saturated carbocycles. The fourth-order valence-corrected chi connectivity index (χ4v) is 3.86. The third-order valence-corrected chi connectivity index (χ3v) is 5.08. The van der Waals surface area contributed by atoms with Crippen LogP contribution < -0.4 is 0 Å². The first-order chi connectivity index (χ1) is 12.4. The van der Waals surface area contributed by atoms with Crippen LogP contribution >= 0.6 is 11.8 Å². The Bertz CT molecular complexity index is 782. The number of carbonyl (C=O) groups is 1. The zero-order valence-electron chi connectivity index (χ0n) is 14.6. The van der Waals surface area contributed by atoms with Gasteiger partial charge in [0.1, 0.15) is 0 Å². The Morgan fingerprint density at radius 3 is 2.54 bits per heavy atom. The van der Waals surface area contributed by atoms with E-state index in [4.69, 9.17) is 4.42 Å². The summed E-state index contributed by atoms with van der Waals surface area (Å²) in [6.07, 6.45) is 1.15. The summed E-state index contributed by atoms with van der Waals surface area (Å²) in [5.41, 5.74) is 0.596. The molecule has 1 aromatic heterocycles. The van der Waals surface area contributed by atoms with Gasteiger partial charge in [-0.25, -0.2) is 0 Å². The van der Waals surface area contributed by atoms with E-state index in [1.807, 2.05) is 4.90 Å². The standard InChI is InChI=1S/C17H20N4O4S/c1-11-7-12(2)9-20(8-11)15(22)10-26-17-19-18-16(25-17)13-3-5-14(6-4-13)21(23)24/h3-6,11-12H,7-10H2,1-2H3. The number of thioether (sulfide) groups is 1. The van der Waals surface area contributed by atoms with Gasteiger partial charge < -0.3 is 9.32 Å². The van der Waals surface area contributed by atoms with E-state index in [9.17, 15) is 14.9 Å². The molecule has 1 aromatic carbocycles. The summed E-state index contributed by atoms with van der Waals surface area (Å²) in [5.74, 6) is 1.63. The molecule has 8 nitrogen and oxygen atoms in total. The smallest absolute Gasteiger partial charge is 0.277 e. The van der Waals surface area contributed by atoms with Gasteiger partial charge in [-0.1, -0.05) is 25.6 Å². The summed E-state index contributed by atoms with van der Waals surface area (Å²) in [6, 6.07) is 5.88. The third kappa shape index (κ3) is 4.40. The summed E-state index contributed by atoms with van der Waals surface area (Å²) >= 11 is 1.21. The lowest BCUT2D eigenvalue weighted by molar-refractivity contribution is -0.384. The number of rotatable bonds is 5. The van der Waals surface area contributed by atoms with E-state index < -0.39 is 4.92 Å². The normalized spacial score (nSPS) is 20.2. The van der Waals surface area contributed by atoms with Gasteiger partial charge in [-0.05, 0) is 30.4 Å². The second kappa shape index (κ2) is 7.86. The van der Waals surface area contributed by atoms with E-state index in [2.05, 4.69) is 24.0 Å². The van der Waals surface area contributed by atoms with Crippen molar-refractivity contribution in [3.63, 3.8) is 0 Å². The molecule has 3 rings (SSSR count). The lowest BCUT2D eigenvalue weighted by atomic mass is 9.92. The van der Waals surface area contributed by atoms with Gasteiger partial charge in [-0.2, -0.15) is 0 Å². The van der Waals surface area contributed by atoms with E-state index in [0.717, 1.165) is 19.5 Å². The van der Waals surface area contributed by atoms with Crippen LogP contribution in [0, 0.1) is 22.0 Å². The van der Waals surface area contributed by atoms with Gasteiger partial charge in [-0.15, -0.1) is 10.2 Å². The lowest BCUT2D eigenvalue weighted by Gasteiger charge is -2.34. The predicted octanol–water partition coefficient (Wildman–Crippen LogP) is 3.24. The molecule has 2 aromatic rings. The molecule has 9 heteroatoms. The van der Waals surface area contributed by atoms with Crippen molar-refractivity contribution in [3.05, 3.63) is 34.4 Å². The molecule has 0 aliphatic carbocycles. The molecule has 1 aliphatic heterocycles. The number of non-ortho nitro benzene ring substituents is 1. The predicted molar refractivity (Wildman–Crippen MR) is 96.6 cm³/mol. The van der Waals surface area contributed by atoms with Gasteiger partial charge >= 0.3 is 0 Å². The monoisotopic (exact) mass is 376 g/mol. The average Bonchev–Trinajstić information content (AvgIpc) is 3.08. The van der Waals surface area contributed by atoms with E-state index in [0.29, 0.717) is 22.6 Å². The highest BCUT2D eigenvalue weighted by Crippen LogP contribution is 2.26. The maximum atomic E-state index is 12.4. The molecule has 0 N–H and O–H groups in total. The molecule has 1 fully saturated rings. The van der Waals surface area contributed by atoms with Crippen LogP contribution in [0.1, 0.15) is 20.3 Å². The van der Waals surface area contributed by atoms with Gasteiger partial charge in [0.2, 0.25) is 11.8 Å². The second-order valence-corrected chi connectivity index (χ2v) is 7.64. The minimum Gasteiger partial charge on any atom is -0.411 e. The van der Waals surface area contributed by atoms with Crippen LogP contribution in [0.15, 0.2) is 33.9 Å². The van der Waals surface area contributed by atoms with Crippen LogP contribution in [0.25, 0.3) is 11.5 Å². The van der Waals surface area contributed by atoms with Crippen molar-refractivity contribution >= 4 is 23.4 Å². The quantitative estimate of drug-likeness (QED) is 0.448. The molecule has 2 atom stereocenters. The van der Waals surface area contributed by atoms with Crippen LogP contribution in [0.2, 0.25) is 0 Å². The summed E-state index contributed by atoms with van der Waals surface area (Å²) in [5, 5.41) is 18.9. The Morgan fingerprint density at radius 1 is 1.27 bits per heavy atom. The summed E-state index contributed by atoms with van der Waals surface area (Å²) in [6.45, 7) is 5.92. The maximum absolute atomic E-state index is 12.4. The zero-order valence-corrected chi connectivity index (χ0v) is 15.4. The van der Waals surface area contributed by atoms with Gasteiger partial charge in [0, 0.05) is 30.8 Å². The van der Waals surface area contributed by atoms with Crippen molar-refractivity contribution in [1.82, 2.24) is 15.1 Å². The maximum Gasteiger partial charge on any atom is 0.277 e. The van der Waals surface area contributed by atoms with E-state index in [1.54, 1.807) is 12.1 Å². The number of hydrogen-bond donors (Lipinski definition) is 0. The first-order valence-corrected chi connectivity index (χ1v) is 9.40.